The zero-order valence-electron chi connectivity index (χ0n) is 14.8. The van der Waals surface area contributed by atoms with Crippen molar-refractivity contribution in [2.24, 2.45) is 0 Å². The fraction of sp³-hybridized carbons (Fsp3) is 0.444. The number of H-pyrrole nitrogens is 1. The van der Waals surface area contributed by atoms with Crippen LogP contribution in [0.3, 0.4) is 0 Å². The molecule has 26 heavy (non-hydrogen) atoms. The van der Waals surface area contributed by atoms with E-state index in [1.54, 1.807) is 7.11 Å². The summed E-state index contributed by atoms with van der Waals surface area (Å²) in [6.45, 7) is 2.02. The molecule has 1 aliphatic carbocycles. The minimum atomic E-state index is -0.0262. The molecule has 1 N–H and O–H groups in total. The monoisotopic (exact) mass is 371 g/mol. The van der Waals surface area contributed by atoms with Crippen molar-refractivity contribution in [3.63, 3.8) is 0 Å². The van der Waals surface area contributed by atoms with Crippen LogP contribution in [0.15, 0.2) is 33.8 Å². The largest absolute Gasteiger partial charge is 0.497 e. The van der Waals surface area contributed by atoms with Gasteiger partial charge >= 0.3 is 0 Å². The average Bonchev–Trinajstić information content (AvgIpc) is 3.42. The van der Waals surface area contributed by atoms with E-state index in [0.717, 1.165) is 22.3 Å². The first kappa shape index (κ1) is 17.1. The molecular weight excluding hydrogens is 350 g/mol. The molecule has 136 valence electrons. The fourth-order valence-corrected chi connectivity index (χ4v) is 3.91. The quantitative estimate of drug-likeness (QED) is 0.643. The zero-order valence-corrected chi connectivity index (χ0v) is 15.6. The highest BCUT2D eigenvalue weighted by atomic mass is 32.2. The molecule has 0 aliphatic heterocycles. The second-order valence-corrected chi connectivity index (χ2v) is 7.73. The van der Waals surface area contributed by atoms with E-state index >= 15 is 0 Å². The number of nitrogens with zero attached hydrogens (tertiary/aromatic N) is 4. The van der Waals surface area contributed by atoms with Gasteiger partial charge in [-0.2, -0.15) is 0 Å². The average molecular weight is 371 g/mol. The van der Waals surface area contributed by atoms with Crippen molar-refractivity contribution in [2.75, 3.05) is 7.11 Å². The van der Waals surface area contributed by atoms with E-state index in [1.807, 2.05) is 31.2 Å². The number of aromatic nitrogens is 5. The first-order chi connectivity index (χ1) is 12.7. The molecule has 1 aromatic carbocycles. The number of thioether (sulfide) groups is 1. The van der Waals surface area contributed by atoms with Crippen LogP contribution in [0, 0.1) is 0 Å². The molecule has 0 radical (unpaired) electrons. The van der Waals surface area contributed by atoms with Crippen molar-refractivity contribution >= 4 is 11.8 Å². The maximum absolute atomic E-state index is 5.83. The van der Waals surface area contributed by atoms with Gasteiger partial charge in [0.1, 0.15) is 11.6 Å². The van der Waals surface area contributed by atoms with Crippen LogP contribution in [0.25, 0.3) is 11.5 Å². The Kier molecular flexibility index (Phi) is 4.92. The van der Waals surface area contributed by atoms with Gasteiger partial charge in [-0.25, -0.2) is 4.98 Å². The van der Waals surface area contributed by atoms with Crippen LogP contribution in [0.2, 0.25) is 0 Å². The van der Waals surface area contributed by atoms with E-state index < -0.39 is 0 Å². The van der Waals surface area contributed by atoms with Gasteiger partial charge in [-0.15, -0.1) is 15.3 Å². The summed E-state index contributed by atoms with van der Waals surface area (Å²) in [5, 5.41) is 16.5. The van der Waals surface area contributed by atoms with Crippen LogP contribution in [0.1, 0.15) is 55.5 Å². The summed E-state index contributed by atoms with van der Waals surface area (Å²) in [6.07, 6.45) is 4.95. The smallest absolute Gasteiger partial charge is 0.247 e. The van der Waals surface area contributed by atoms with Crippen molar-refractivity contribution in [1.82, 2.24) is 25.4 Å². The summed E-state index contributed by atoms with van der Waals surface area (Å²) in [5.41, 5.74) is 0.864. The molecule has 0 amide bonds. The topological polar surface area (TPSA) is 89.7 Å². The lowest BCUT2D eigenvalue weighted by Crippen LogP contribution is -1.94. The van der Waals surface area contributed by atoms with E-state index in [0.29, 0.717) is 17.7 Å². The first-order valence-electron chi connectivity index (χ1n) is 8.79. The molecule has 2 heterocycles. The number of ether oxygens (including phenoxy) is 1. The Morgan fingerprint density at radius 1 is 1.19 bits per heavy atom. The molecule has 0 spiro atoms. The molecule has 1 saturated carbocycles. The van der Waals surface area contributed by atoms with Crippen molar-refractivity contribution in [3.8, 4) is 17.2 Å². The number of methoxy groups -OCH3 is 1. The number of aromatic amines is 1. The summed E-state index contributed by atoms with van der Waals surface area (Å²) in [7, 11) is 1.64. The van der Waals surface area contributed by atoms with Crippen molar-refractivity contribution < 1.29 is 9.15 Å². The number of rotatable bonds is 6. The molecular formula is C18H21N5O2S. The summed E-state index contributed by atoms with van der Waals surface area (Å²) in [4.78, 5) is 4.63. The van der Waals surface area contributed by atoms with Crippen LogP contribution in [-0.2, 0) is 0 Å². The lowest BCUT2D eigenvalue weighted by molar-refractivity contribution is 0.415. The highest BCUT2D eigenvalue weighted by Gasteiger charge is 2.23. The van der Waals surface area contributed by atoms with Gasteiger partial charge < -0.3 is 9.15 Å². The van der Waals surface area contributed by atoms with Gasteiger partial charge in [0, 0.05) is 11.5 Å². The normalized spacial score (nSPS) is 16.1. The third-order valence-electron chi connectivity index (χ3n) is 4.63. The minimum Gasteiger partial charge on any atom is -0.497 e. The Bertz CT molecular complexity index is 855. The second-order valence-electron chi connectivity index (χ2n) is 6.42. The third-order valence-corrected chi connectivity index (χ3v) is 5.58. The van der Waals surface area contributed by atoms with Crippen LogP contribution in [0.4, 0.5) is 0 Å². The molecule has 3 aromatic rings. The van der Waals surface area contributed by atoms with E-state index in [-0.39, 0.29) is 5.25 Å². The fourth-order valence-electron chi connectivity index (χ4n) is 3.15. The van der Waals surface area contributed by atoms with E-state index in [1.165, 1.54) is 37.4 Å². The second kappa shape index (κ2) is 7.49. The van der Waals surface area contributed by atoms with Crippen LogP contribution in [0.5, 0.6) is 5.75 Å². The van der Waals surface area contributed by atoms with Crippen molar-refractivity contribution in [2.45, 2.75) is 48.9 Å². The Labute approximate surface area is 156 Å². The maximum atomic E-state index is 5.83. The minimum absolute atomic E-state index is 0.0262. The van der Waals surface area contributed by atoms with Gasteiger partial charge in [-0.3, -0.25) is 5.10 Å². The molecule has 7 nitrogen and oxygen atoms in total. The summed E-state index contributed by atoms with van der Waals surface area (Å²) in [6, 6.07) is 7.54. The Morgan fingerprint density at radius 3 is 2.69 bits per heavy atom. The molecule has 0 saturated heterocycles. The molecule has 2 aromatic heterocycles. The molecule has 1 fully saturated rings. The Balaban J connectivity index is 1.43. The molecule has 1 atom stereocenters. The molecule has 1 aliphatic rings. The van der Waals surface area contributed by atoms with Crippen LogP contribution >= 0.6 is 11.8 Å². The molecule has 1 unspecified atom stereocenters. The number of benzene rings is 1. The van der Waals surface area contributed by atoms with Crippen molar-refractivity contribution in [3.05, 3.63) is 36.0 Å². The summed E-state index contributed by atoms with van der Waals surface area (Å²) in [5.74, 6) is 3.38. The molecule has 4 rings (SSSR count). The number of hydrogen-bond acceptors (Lipinski definition) is 7. The lowest BCUT2D eigenvalue weighted by atomic mass is 10.1. The zero-order chi connectivity index (χ0) is 17.9. The predicted molar refractivity (Wildman–Crippen MR) is 98.1 cm³/mol. The Morgan fingerprint density at radius 2 is 1.96 bits per heavy atom. The standard InChI is InChI=1S/C18H21N5O2S/c1-11(26-18-19-15(20-23-18)12-5-3-4-6-12)16-21-22-17(25-16)13-7-9-14(24-2)10-8-13/h7-12H,3-6H2,1-2H3,(H,19,20,23). The first-order valence-corrected chi connectivity index (χ1v) is 9.67. The highest BCUT2D eigenvalue weighted by Crippen LogP contribution is 2.36. The van der Waals surface area contributed by atoms with E-state index in [9.17, 15) is 0 Å². The SMILES string of the molecule is COc1ccc(-c2nnc(C(C)Sc3n[nH]c(C4CCCC4)n3)o2)cc1. The third kappa shape index (κ3) is 3.60. The predicted octanol–water partition coefficient (Wildman–Crippen LogP) is 4.37. The molecule has 0 bridgehead atoms. The highest BCUT2D eigenvalue weighted by molar-refractivity contribution is 7.99. The lowest BCUT2D eigenvalue weighted by Gasteiger charge is -2.03. The van der Waals surface area contributed by atoms with E-state index in [2.05, 4.69) is 25.4 Å². The summed E-state index contributed by atoms with van der Waals surface area (Å²) < 4.78 is 11.0. The van der Waals surface area contributed by atoms with Gasteiger partial charge in [0.05, 0.1) is 12.4 Å². The Hall–Kier alpha value is -2.35. The van der Waals surface area contributed by atoms with Gasteiger partial charge in [-0.05, 0) is 44.0 Å². The van der Waals surface area contributed by atoms with Crippen LogP contribution < -0.4 is 4.74 Å². The van der Waals surface area contributed by atoms with Gasteiger partial charge in [0.15, 0.2) is 0 Å². The number of nitrogens with one attached hydrogen (secondary N) is 1. The van der Waals surface area contributed by atoms with Gasteiger partial charge in [0.2, 0.25) is 16.9 Å². The van der Waals surface area contributed by atoms with Gasteiger partial charge in [-0.1, -0.05) is 24.6 Å². The molecule has 8 heteroatoms. The van der Waals surface area contributed by atoms with Gasteiger partial charge in [0.25, 0.3) is 0 Å². The van der Waals surface area contributed by atoms with Crippen molar-refractivity contribution in [1.29, 1.82) is 0 Å². The summed E-state index contributed by atoms with van der Waals surface area (Å²) >= 11 is 1.52. The van der Waals surface area contributed by atoms with E-state index in [4.69, 9.17) is 9.15 Å². The maximum Gasteiger partial charge on any atom is 0.247 e. The number of hydrogen-bond donors (Lipinski definition) is 1. The van der Waals surface area contributed by atoms with Crippen LogP contribution in [-0.4, -0.2) is 32.5 Å².